The summed E-state index contributed by atoms with van der Waals surface area (Å²) < 4.78 is 17.3. The van der Waals surface area contributed by atoms with Gasteiger partial charge in [-0.15, -0.1) is 0 Å². The number of carbonyl (C=O) groups is 1. The standard InChI is InChI=1S/C26H28N6O5/c1-16-14-17(4-7-27-16)20-2-3-21(36-20)25(34)28-19-15-22-23(29-24(19)31-8-5-18(33)6-9-31)30-26(37-22)32-10-12-35-13-11-32/h2-4,7,14-15,18,33H,5-6,8-13H2,1H3,(H,28,34). The van der Waals surface area contributed by atoms with Gasteiger partial charge in [0.15, 0.2) is 17.2 Å². The first-order valence-electron chi connectivity index (χ1n) is 12.4. The zero-order valence-electron chi connectivity index (χ0n) is 20.5. The van der Waals surface area contributed by atoms with Crippen molar-refractivity contribution in [3.8, 4) is 11.3 Å². The Labute approximate surface area is 213 Å². The molecule has 4 aromatic rings. The summed E-state index contributed by atoms with van der Waals surface area (Å²) in [4.78, 5) is 30.9. The molecule has 0 aliphatic carbocycles. The van der Waals surface area contributed by atoms with Crippen molar-refractivity contribution >= 4 is 34.7 Å². The molecule has 6 heterocycles. The van der Waals surface area contributed by atoms with E-state index in [2.05, 4.69) is 20.2 Å². The lowest BCUT2D eigenvalue weighted by atomic mass is 10.1. The van der Waals surface area contributed by atoms with Crippen LogP contribution in [0.1, 0.15) is 29.1 Å². The van der Waals surface area contributed by atoms with Crippen molar-refractivity contribution in [2.45, 2.75) is 25.9 Å². The molecule has 37 heavy (non-hydrogen) atoms. The van der Waals surface area contributed by atoms with Gasteiger partial charge in [0.25, 0.3) is 11.9 Å². The molecule has 0 aromatic carbocycles. The highest BCUT2D eigenvalue weighted by atomic mass is 16.5. The van der Waals surface area contributed by atoms with E-state index in [0.717, 1.165) is 11.3 Å². The quantitative estimate of drug-likeness (QED) is 0.418. The zero-order valence-corrected chi connectivity index (χ0v) is 20.5. The number of hydrogen-bond acceptors (Lipinski definition) is 10. The van der Waals surface area contributed by atoms with E-state index in [1.165, 1.54) is 0 Å². The molecule has 1 amide bonds. The SMILES string of the molecule is Cc1cc(-c2ccc(C(=O)Nc3cc4oc(N5CCOCC5)nc4nc3N3CCC(O)CC3)o2)ccn1. The highest BCUT2D eigenvalue weighted by Crippen LogP contribution is 2.33. The number of furan rings is 1. The molecule has 2 aliphatic heterocycles. The van der Waals surface area contributed by atoms with E-state index in [9.17, 15) is 9.90 Å². The minimum atomic E-state index is -0.399. The van der Waals surface area contributed by atoms with Crippen molar-refractivity contribution in [3.63, 3.8) is 0 Å². The minimum absolute atomic E-state index is 0.177. The van der Waals surface area contributed by atoms with Crippen LogP contribution >= 0.6 is 0 Å². The number of aromatic nitrogens is 3. The summed E-state index contributed by atoms with van der Waals surface area (Å²) in [6.07, 6.45) is 2.62. The normalized spacial score (nSPS) is 16.9. The third-order valence-electron chi connectivity index (χ3n) is 6.66. The van der Waals surface area contributed by atoms with Gasteiger partial charge in [-0.05, 0) is 44.0 Å². The van der Waals surface area contributed by atoms with E-state index in [1.807, 2.05) is 24.0 Å². The average Bonchev–Trinajstić information content (AvgIpc) is 3.57. The first-order valence-corrected chi connectivity index (χ1v) is 12.4. The molecule has 0 bridgehead atoms. The van der Waals surface area contributed by atoms with Crippen LogP contribution in [-0.4, -0.2) is 71.5 Å². The molecular weight excluding hydrogens is 476 g/mol. The van der Waals surface area contributed by atoms with Crippen molar-refractivity contribution in [3.05, 3.63) is 48.0 Å². The number of oxazole rings is 1. The fourth-order valence-electron chi connectivity index (χ4n) is 4.64. The van der Waals surface area contributed by atoms with Crippen LogP contribution in [0, 0.1) is 6.92 Å². The Hall–Kier alpha value is -3.96. The van der Waals surface area contributed by atoms with Crippen LogP contribution in [-0.2, 0) is 4.74 Å². The number of hydrogen-bond donors (Lipinski definition) is 2. The van der Waals surface area contributed by atoms with Crippen LogP contribution in [0.25, 0.3) is 22.6 Å². The molecule has 2 fully saturated rings. The lowest BCUT2D eigenvalue weighted by molar-refractivity contribution is 0.0997. The maximum Gasteiger partial charge on any atom is 0.300 e. The van der Waals surface area contributed by atoms with Crippen LogP contribution in [0.4, 0.5) is 17.5 Å². The fraction of sp³-hybridized carbons (Fsp3) is 0.385. The molecular formula is C26H28N6O5. The van der Waals surface area contributed by atoms with E-state index >= 15 is 0 Å². The highest BCUT2D eigenvalue weighted by Gasteiger charge is 2.25. The van der Waals surface area contributed by atoms with Crippen molar-refractivity contribution in [2.75, 3.05) is 54.5 Å². The number of ether oxygens (including phenoxy) is 1. The summed E-state index contributed by atoms with van der Waals surface area (Å²) in [5.74, 6) is 0.950. The number of piperidine rings is 1. The third kappa shape index (κ3) is 4.87. The Morgan fingerprint density at radius 1 is 1.03 bits per heavy atom. The van der Waals surface area contributed by atoms with Crippen LogP contribution in [0.3, 0.4) is 0 Å². The molecule has 0 radical (unpaired) electrons. The molecule has 6 rings (SSSR count). The van der Waals surface area contributed by atoms with Gasteiger partial charge in [0.2, 0.25) is 5.65 Å². The van der Waals surface area contributed by atoms with Gasteiger partial charge >= 0.3 is 0 Å². The van der Waals surface area contributed by atoms with Crippen molar-refractivity contribution in [1.29, 1.82) is 0 Å². The number of carbonyl (C=O) groups excluding carboxylic acids is 1. The van der Waals surface area contributed by atoms with Gasteiger partial charge in [-0.3, -0.25) is 9.78 Å². The number of aliphatic hydroxyl groups is 1. The Kier molecular flexibility index (Phi) is 6.23. The molecule has 2 N–H and O–H groups in total. The Morgan fingerprint density at radius 2 is 1.84 bits per heavy atom. The van der Waals surface area contributed by atoms with E-state index in [4.69, 9.17) is 18.6 Å². The smallest absolute Gasteiger partial charge is 0.300 e. The number of amides is 1. The summed E-state index contributed by atoms with van der Waals surface area (Å²) in [7, 11) is 0. The number of morpholine rings is 1. The molecule has 2 aliphatic rings. The monoisotopic (exact) mass is 504 g/mol. The van der Waals surface area contributed by atoms with Crippen LogP contribution in [0.5, 0.6) is 0 Å². The van der Waals surface area contributed by atoms with Gasteiger partial charge in [0, 0.05) is 49.7 Å². The lowest BCUT2D eigenvalue weighted by Gasteiger charge is -2.31. The highest BCUT2D eigenvalue weighted by molar-refractivity contribution is 6.05. The van der Waals surface area contributed by atoms with E-state index in [1.54, 1.807) is 24.4 Å². The number of aryl methyl sites for hydroxylation is 1. The number of rotatable bonds is 5. The van der Waals surface area contributed by atoms with Gasteiger partial charge in [-0.25, -0.2) is 4.98 Å². The summed E-state index contributed by atoms with van der Waals surface area (Å²) in [5.41, 5.74) is 3.15. The number of aliphatic hydroxyl groups excluding tert-OH is 1. The molecule has 192 valence electrons. The topological polar surface area (TPSA) is 130 Å². The van der Waals surface area contributed by atoms with E-state index < -0.39 is 5.91 Å². The van der Waals surface area contributed by atoms with E-state index in [0.29, 0.717) is 86.7 Å². The molecule has 11 nitrogen and oxygen atoms in total. The Morgan fingerprint density at radius 3 is 2.62 bits per heavy atom. The summed E-state index contributed by atoms with van der Waals surface area (Å²) in [5, 5.41) is 13.0. The van der Waals surface area contributed by atoms with Gasteiger partial charge < -0.3 is 33.8 Å². The molecule has 2 saturated heterocycles. The second-order valence-corrected chi connectivity index (χ2v) is 9.30. The predicted octanol–water partition coefficient (Wildman–Crippen LogP) is 3.24. The van der Waals surface area contributed by atoms with Gasteiger partial charge in [0.1, 0.15) is 5.76 Å². The molecule has 0 spiro atoms. The average molecular weight is 505 g/mol. The maximum absolute atomic E-state index is 13.2. The molecule has 0 atom stereocenters. The number of anilines is 3. The van der Waals surface area contributed by atoms with E-state index in [-0.39, 0.29) is 11.9 Å². The van der Waals surface area contributed by atoms with Crippen molar-refractivity contribution in [1.82, 2.24) is 15.0 Å². The summed E-state index contributed by atoms with van der Waals surface area (Å²) in [6, 6.07) is 9.39. The van der Waals surface area contributed by atoms with Gasteiger partial charge in [0.05, 0.1) is 25.0 Å². The second-order valence-electron chi connectivity index (χ2n) is 9.30. The van der Waals surface area contributed by atoms with Crippen LogP contribution < -0.4 is 15.1 Å². The Bertz CT molecular complexity index is 1420. The molecule has 11 heteroatoms. The van der Waals surface area contributed by atoms with Gasteiger partial charge in [-0.2, -0.15) is 4.98 Å². The number of pyridine rings is 2. The molecule has 4 aromatic heterocycles. The van der Waals surface area contributed by atoms with Crippen LogP contribution in [0.15, 0.2) is 45.4 Å². The maximum atomic E-state index is 13.2. The third-order valence-corrected chi connectivity index (χ3v) is 6.66. The largest absolute Gasteiger partial charge is 0.451 e. The van der Waals surface area contributed by atoms with Crippen molar-refractivity contribution < 1.29 is 23.5 Å². The minimum Gasteiger partial charge on any atom is -0.451 e. The second kappa shape index (κ2) is 9.83. The zero-order chi connectivity index (χ0) is 25.4. The molecule has 0 unspecified atom stereocenters. The lowest BCUT2D eigenvalue weighted by Crippen LogP contribution is -2.37. The van der Waals surface area contributed by atoms with Gasteiger partial charge in [-0.1, -0.05) is 0 Å². The van der Waals surface area contributed by atoms with Crippen molar-refractivity contribution in [2.24, 2.45) is 0 Å². The predicted molar refractivity (Wildman–Crippen MR) is 137 cm³/mol. The first-order chi connectivity index (χ1) is 18.0. The number of nitrogens with zero attached hydrogens (tertiary/aromatic N) is 5. The van der Waals surface area contributed by atoms with Crippen LogP contribution in [0.2, 0.25) is 0 Å². The number of nitrogens with one attached hydrogen (secondary N) is 1. The molecule has 0 saturated carbocycles. The number of fused-ring (bicyclic) bond motifs is 1. The summed E-state index contributed by atoms with van der Waals surface area (Å²) >= 11 is 0. The Balaban J connectivity index is 1.31. The summed E-state index contributed by atoms with van der Waals surface area (Å²) in [6.45, 7) is 5.72. The first kappa shape index (κ1) is 23.4. The fourth-order valence-corrected chi connectivity index (χ4v) is 4.64.